The third-order valence-corrected chi connectivity index (χ3v) is 4.56. The third-order valence-electron chi connectivity index (χ3n) is 2.27. The van der Waals surface area contributed by atoms with Gasteiger partial charge in [0.15, 0.2) is 9.84 Å². The Morgan fingerprint density at radius 2 is 1.71 bits per heavy atom. The average molecular weight is 212 g/mol. The summed E-state index contributed by atoms with van der Waals surface area (Å²) in [5.74, 6) is 0. The first-order chi connectivity index (χ1) is 6.35. The molecule has 1 aromatic rings. The van der Waals surface area contributed by atoms with Crippen molar-refractivity contribution in [2.75, 3.05) is 0 Å². The molecule has 1 aromatic carbocycles. The molecule has 0 bridgehead atoms. The van der Waals surface area contributed by atoms with Gasteiger partial charge in [0.1, 0.15) is 0 Å². The van der Waals surface area contributed by atoms with Crippen LogP contribution >= 0.6 is 0 Å². The summed E-state index contributed by atoms with van der Waals surface area (Å²) >= 11 is 0. The molecular formula is C11H16O2S. The van der Waals surface area contributed by atoms with Crippen LogP contribution in [0.25, 0.3) is 0 Å². The average Bonchev–Trinajstić information content (AvgIpc) is 2.08. The van der Waals surface area contributed by atoms with Gasteiger partial charge < -0.3 is 0 Å². The highest BCUT2D eigenvalue weighted by molar-refractivity contribution is 7.92. The van der Waals surface area contributed by atoms with Gasteiger partial charge >= 0.3 is 0 Å². The minimum atomic E-state index is -3.13. The van der Waals surface area contributed by atoms with Gasteiger partial charge in [-0.25, -0.2) is 8.42 Å². The van der Waals surface area contributed by atoms with E-state index in [4.69, 9.17) is 0 Å². The molecule has 0 saturated carbocycles. The summed E-state index contributed by atoms with van der Waals surface area (Å²) in [6.07, 6.45) is 0. The first kappa shape index (κ1) is 11.2. The summed E-state index contributed by atoms with van der Waals surface area (Å²) in [4.78, 5) is 0.465. The van der Waals surface area contributed by atoms with Crippen molar-refractivity contribution in [3.8, 4) is 0 Å². The fraction of sp³-hybridized carbons (Fsp3) is 0.455. The molecule has 0 radical (unpaired) electrons. The van der Waals surface area contributed by atoms with Gasteiger partial charge in [-0.05, 0) is 44.9 Å². The summed E-state index contributed by atoms with van der Waals surface area (Å²) in [5, 5.41) is -0.358. The molecule has 0 unspecified atom stereocenters. The van der Waals surface area contributed by atoms with E-state index in [2.05, 4.69) is 0 Å². The molecule has 0 atom stereocenters. The molecular weight excluding hydrogens is 196 g/mol. The second kappa shape index (κ2) is 3.73. The maximum atomic E-state index is 11.9. The zero-order valence-corrected chi connectivity index (χ0v) is 9.85. The van der Waals surface area contributed by atoms with Crippen molar-refractivity contribution in [1.29, 1.82) is 0 Å². The van der Waals surface area contributed by atoms with Crippen LogP contribution in [0, 0.1) is 13.8 Å². The molecule has 14 heavy (non-hydrogen) atoms. The Morgan fingerprint density at radius 1 is 1.14 bits per heavy atom. The smallest absolute Gasteiger partial charge is 0.180 e. The fourth-order valence-electron chi connectivity index (χ4n) is 1.27. The number of sulfone groups is 1. The zero-order valence-electron chi connectivity index (χ0n) is 9.03. The summed E-state index contributed by atoms with van der Waals surface area (Å²) < 4.78 is 23.8. The molecule has 0 aliphatic carbocycles. The fourth-order valence-corrected chi connectivity index (χ4v) is 2.64. The largest absolute Gasteiger partial charge is 0.223 e. The third kappa shape index (κ3) is 1.98. The van der Waals surface area contributed by atoms with E-state index in [1.54, 1.807) is 19.9 Å². The molecule has 0 fully saturated rings. The molecule has 2 nitrogen and oxygen atoms in total. The van der Waals surface area contributed by atoms with E-state index in [-0.39, 0.29) is 5.25 Å². The summed E-state index contributed by atoms with van der Waals surface area (Å²) in [6, 6.07) is 5.52. The van der Waals surface area contributed by atoms with Gasteiger partial charge in [-0.2, -0.15) is 0 Å². The lowest BCUT2D eigenvalue weighted by molar-refractivity contribution is 0.586. The van der Waals surface area contributed by atoms with Gasteiger partial charge in [0.25, 0.3) is 0 Å². The predicted molar refractivity (Wildman–Crippen MR) is 58.2 cm³/mol. The van der Waals surface area contributed by atoms with E-state index in [1.807, 2.05) is 26.0 Å². The Morgan fingerprint density at radius 3 is 2.21 bits per heavy atom. The molecule has 0 N–H and O–H groups in total. The quantitative estimate of drug-likeness (QED) is 0.754. The van der Waals surface area contributed by atoms with Crippen molar-refractivity contribution in [2.45, 2.75) is 37.8 Å². The van der Waals surface area contributed by atoms with E-state index in [1.165, 1.54) is 0 Å². The lowest BCUT2D eigenvalue weighted by Gasteiger charge is -2.11. The lowest BCUT2D eigenvalue weighted by Crippen LogP contribution is -2.15. The van der Waals surface area contributed by atoms with Gasteiger partial charge in [-0.15, -0.1) is 0 Å². The van der Waals surface area contributed by atoms with Crippen molar-refractivity contribution >= 4 is 9.84 Å². The van der Waals surface area contributed by atoms with Crippen molar-refractivity contribution in [1.82, 2.24) is 0 Å². The van der Waals surface area contributed by atoms with Crippen LogP contribution in [0.5, 0.6) is 0 Å². The van der Waals surface area contributed by atoms with Gasteiger partial charge in [0.2, 0.25) is 0 Å². The maximum absolute atomic E-state index is 11.9. The topological polar surface area (TPSA) is 34.1 Å². The summed E-state index contributed by atoms with van der Waals surface area (Å²) in [6.45, 7) is 7.14. The molecule has 0 aromatic heterocycles. The van der Waals surface area contributed by atoms with Crippen LogP contribution < -0.4 is 0 Å². The first-order valence-electron chi connectivity index (χ1n) is 4.67. The molecule has 0 heterocycles. The van der Waals surface area contributed by atoms with Crippen molar-refractivity contribution in [2.24, 2.45) is 0 Å². The Balaban J connectivity index is 3.40. The van der Waals surface area contributed by atoms with Crippen molar-refractivity contribution in [3.63, 3.8) is 0 Å². The number of rotatable bonds is 2. The normalized spacial score (nSPS) is 12.1. The predicted octanol–water partition coefficient (Wildman–Crippen LogP) is 2.49. The Bertz CT molecular complexity index is 431. The zero-order chi connectivity index (χ0) is 10.9. The van der Waals surface area contributed by atoms with Crippen LogP contribution in [-0.2, 0) is 9.84 Å². The number of aryl methyl sites for hydroxylation is 2. The molecule has 0 saturated heterocycles. The molecule has 0 aliphatic heterocycles. The Kier molecular flexibility index (Phi) is 3.00. The number of hydrogen-bond donors (Lipinski definition) is 0. The highest BCUT2D eigenvalue weighted by atomic mass is 32.2. The standard InChI is InChI=1S/C11H16O2S/c1-8(2)14(12,13)11-7-9(3)5-6-10(11)4/h5-8H,1-4H3. The van der Waals surface area contributed by atoms with Crippen LogP contribution in [-0.4, -0.2) is 13.7 Å². The van der Waals surface area contributed by atoms with Gasteiger partial charge in [-0.1, -0.05) is 12.1 Å². The maximum Gasteiger partial charge on any atom is 0.180 e. The van der Waals surface area contributed by atoms with Crippen LogP contribution in [0.4, 0.5) is 0 Å². The Labute approximate surface area is 85.9 Å². The van der Waals surface area contributed by atoms with Gasteiger partial charge in [-0.3, -0.25) is 0 Å². The highest BCUT2D eigenvalue weighted by Gasteiger charge is 2.20. The van der Waals surface area contributed by atoms with Crippen LogP contribution in [0.3, 0.4) is 0 Å². The number of benzene rings is 1. The van der Waals surface area contributed by atoms with Crippen LogP contribution in [0.15, 0.2) is 23.1 Å². The second-order valence-electron chi connectivity index (χ2n) is 3.86. The van der Waals surface area contributed by atoms with Crippen molar-refractivity contribution in [3.05, 3.63) is 29.3 Å². The van der Waals surface area contributed by atoms with E-state index in [0.717, 1.165) is 11.1 Å². The molecule has 0 spiro atoms. The number of hydrogen-bond acceptors (Lipinski definition) is 2. The van der Waals surface area contributed by atoms with E-state index in [9.17, 15) is 8.42 Å². The van der Waals surface area contributed by atoms with Crippen LogP contribution in [0.2, 0.25) is 0 Å². The Hall–Kier alpha value is -0.830. The molecule has 0 amide bonds. The molecule has 78 valence electrons. The molecule has 1 rings (SSSR count). The van der Waals surface area contributed by atoms with E-state index >= 15 is 0 Å². The lowest BCUT2D eigenvalue weighted by atomic mass is 10.2. The van der Waals surface area contributed by atoms with Gasteiger partial charge in [0, 0.05) is 0 Å². The summed E-state index contributed by atoms with van der Waals surface area (Å²) in [5.41, 5.74) is 1.80. The van der Waals surface area contributed by atoms with Gasteiger partial charge in [0.05, 0.1) is 10.1 Å². The minimum absolute atomic E-state index is 0.358. The SMILES string of the molecule is Cc1ccc(C)c(S(=O)(=O)C(C)C)c1. The van der Waals surface area contributed by atoms with E-state index in [0.29, 0.717) is 4.90 Å². The first-order valence-corrected chi connectivity index (χ1v) is 6.21. The van der Waals surface area contributed by atoms with Crippen molar-refractivity contribution < 1.29 is 8.42 Å². The van der Waals surface area contributed by atoms with E-state index < -0.39 is 9.84 Å². The molecule has 0 aliphatic rings. The second-order valence-corrected chi connectivity index (χ2v) is 6.34. The minimum Gasteiger partial charge on any atom is -0.223 e. The summed E-state index contributed by atoms with van der Waals surface area (Å²) in [7, 11) is -3.13. The molecule has 3 heteroatoms. The monoisotopic (exact) mass is 212 g/mol. The van der Waals surface area contributed by atoms with Crippen LogP contribution in [0.1, 0.15) is 25.0 Å². The highest BCUT2D eigenvalue weighted by Crippen LogP contribution is 2.21.